The van der Waals surface area contributed by atoms with Gasteiger partial charge in [-0.3, -0.25) is 14.6 Å². The van der Waals surface area contributed by atoms with Gasteiger partial charge in [-0.25, -0.2) is 0 Å². The zero-order valence-electron chi connectivity index (χ0n) is 18.5. The number of phenols is 1. The Balaban J connectivity index is 1.66. The molecule has 1 fully saturated rings. The molecule has 0 saturated carbocycles. The lowest BCUT2D eigenvalue weighted by Crippen LogP contribution is -2.53. The molecule has 3 aromatic rings. The van der Waals surface area contributed by atoms with E-state index in [-0.39, 0.29) is 34.2 Å². The number of aromatic nitrogens is 1. The molecule has 4 atom stereocenters. The van der Waals surface area contributed by atoms with Crippen molar-refractivity contribution in [2.24, 2.45) is 0 Å². The number of benzene rings is 2. The molecule has 2 aromatic carbocycles. The molecule has 0 bridgehead atoms. The van der Waals surface area contributed by atoms with Crippen molar-refractivity contribution in [2.45, 2.75) is 44.8 Å². The molecule has 0 spiro atoms. The number of nitrogens with zero attached hydrogens (tertiary/aromatic N) is 1. The van der Waals surface area contributed by atoms with Crippen molar-refractivity contribution in [1.29, 1.82) is 0 Å². The minimum absolute atomic E-state index is 0.0170. The molecule has 1 aliphatic heterocycles. The Morgan fingerprint density at radius 2 is 1.97 bits per heavy atom. The number of aryl methyl sites for hydroxylation is 1. The number of rotatable bonds is 3. The Kier molecular flexibility index (Phi) is 5.16. The average Bonchev–Trinajstić information content (AvgIpc) is 2.78. The standard InChI is InChI=1S/C25H24N2O6/c1-11-7-13-10-27-22-21(24(30)14-5-4-6-16(28)20(14)25(22)31)19(13)17(8-11)33-18-9-15(26-3)23(29)12(2)32-18/h4-8,10,12,15,18,23,26,28-29H,9H2,1-3H3. The van der Waals surface area contributed by atoms with Gasteiger partial charge in [0, 0.05) is 35.0 Å². The molecule has 2 heterocycles. The van der Waals surface area contributed by atoms with Crippen LogP contribution in [0.1, 0.15) is 50.9 Å². The van der Waals surface area contributed by atoms with Gasteiger partial charge in [-0.2, -0.15) is 0 Å². The Labute approximate surface area is 190 Å². The first-order valence-electron chi connectivity index (χ1n) is 10.8. The SMILES string of the molecule is CNC1CC(Oc2cc(C)cc3cnc4c(c23)C(=O)c2cccc(O)c2C4=O)OC(C)C1O. The summed E-state index contributed by atoms with van der Waals surface area (Å²) in [4.78, 5) is 31.0. The van der Waals surface area contributed by atoms with Gasteiger partial charge in [0.2, 0.25) is 12.1 Å². The molecule has 170 valence electrons. The molecule has 2 aliphatic rings. The van der Waals surface area contributed by atoms with Crippen molar-refractivity contribution >= 4 is 22.3 Å². The van der Waals surface area contributed by atoms with Crippen LogP contribution >= 0.6 is 0 Å². The van der Waals surface area contributed by atoms with Gasteiger partial charge in [0.25, 0.3) is 0 Å². The predicted molar refractivity (Wildman–Crippen MR) is 120 cm³/mol. The van der Waals surface area contributed by atoms with E-state index in [1.807, 2.05) is 13.0 Å². The number of aromatic hydroxyl groups is 1. The van der Waals surface area contributed by atoms with Crippen LogP contribution in [0.5, 0.6) is 11.5 Å². The molecule has 1 aromatic heterocycles. The highest BCUT2D eigenvalue weighted by molar-refractivity contribution is 6.32. The fourth-order valence-electron chi connectivity index (χ4n) is 4.73. The van der Waals surface area contributed by atoms with Gasteiger partial charge in [0.05, 0.1) is 23.3 Å². The third-order valence-electron chi connectivity index (χ3n) is 6.39. The maximum atomic E-state index is 13.5. The smallest absolute Gasteiger partial charge is 0.216 e. The summed E-state index contributed by atoms with van der Waals surface area (Å²) in [5, 5.41) is 24.8. The number of hydrogen-bond acceptors (Lipinski definition) is 8. The molecule has 1 saturated heterocycles. The number of phenolic OH excluding ortho intramolecular Hbond substituents is 1. The maximum absolute atomic E-state index is 13.5. The Morgan fingerprint density at radius 1 is 1.18 bits per heavy atom. The molecule has 3 N–H and O–H groups in total. The third-order valence-corrected chi connectivity index (χ3v) is 6.39. The van der Waals surface area contributed by atoms with Gasteiger partial charge in [-0.05, 0) is 44.7 Å². The van der Waals surface area contributed by atoms with Crippen LogP contribution in [-0.2, 0) is 4.74 Å². The van der Waals surface area contributed by atoms with E-state index in [2.05, 4.69) is 10.3 Å². The van der Waals surface area contributed by atoms with E-state index < -0.39 is 30.1 Å². The fraction of sp³-hybridized carbons (Fsp3) is 0.320. The first kappa shape index (κ1) is 21.5. The van der Waals surface area contributed by atoms with E-state index in [1.165, 1.54) is 24.4 Å². The van der Waals surface area contributed by atoms with E-state index in [9.17, 15) is 19.8 Å². The molecule has 0 radical (unpaired) electrons. The second-order valence-corrected chi connectivity index (χ2v) is 8.58. The van der Waals surface area contributed by atoms with Crippen molar-refractivity contribution in [3.8, 4) is 11.5 Å². The molecule has 8 heteroatoms. The summed E-state index contributed by atoms with van der Waals surface area (Å²) in [5.41, 5.74) is 1.12. The number of nitrogens with one attached hydrogen (secondary N) is 1. The van der Waals surface area contributed by atoms with E-state index in [4.69, 9.17) is 9.47 Å². The van der Waals surface area contributed by atoms with E-state index in [0.717, 1.165) is 5.56 Å². The quantitative estimate of drug-likeness (QED) is 0.438. The van der Waals surface area contributed by atoms with Crippen LogP contribution in [0, 0.1) is 6.92 Å². The predicted octanol–water partition coefficient (Wildman–Crippen LogP) is 2.49. The zero-order chi connectivity index (χ0) is 23.4. The highest BCUT2D eigenvalue weighted by atomic mass is 16.7. The van der Waals surface area contributed by atoms with Crippen LogP contribution in [0.25, 0.3) is 10.8 Å². The van der Waals surface area contributed by atoms with Crippen LogP contribution in [0.15, 0.2) is 36.5 Å². The van der Waals surface area contributed by atoms with Crippen molar-refractivity contribution in [1.82, 2.24) is 10.3 Å². The minimum atomic E-state index is -0.676. The lowest BCUT2D eigenvalue weighted by molar-refractivity contribution is -0.189. The monoisotopic (exact) mass is 448 g/mol. The summed E-state index contributed by atoms with van der Waals surface area (Å²) in [5.74, 6) is -0.757. The number of hydrogen-bond donors (Lipinski definition) is 3. The zero-order valence-corrected chi connectivity index (χ0v) is 18.5. The number of carbonyl (C=O) groups excluding carboxylic acids is 2. The number of aliphatic hydroxyl groups is 1. The van der Waals surface area contributed by atoms with Gasteiger partial charge >= 0.3 is 0 Å². The number of ketones is 2. The largest absolute Gasteiger partial charge is 0.507 e. The minimum Gasteiger partial charge on any atom is -0.507 e. The normalized spacial score (nSPS) is 24.5. The van der Waals surface area contributed by atoms with E-state index in [1.54, 1.807) is 20.0 Å². The summed E-state index contributed by atoms with van der Waals surface area (Å²) in [7, 11) is 1.77. The number of carbonyl (C=O) groups is 2. The summed E-state index contributed by atoms with van der Waals surface area (Å²) in [6, 6.07) is 7.88. The molecule has 5 rings (SSSR count). The van der Waals surface area contributed by atoms with Crippen LogP contribution in [0.3, 0.4) is 0 Å². The molecule has 1 aliphatic carbocycles. The third kappa shape index (κ3) is 3.38. The first-order valence-corrected chi connectivity index (χ1v) is 10.8. The molecule has 8 nitrogen and oxygen atoms in total. The highest BCUT2D eigenvalue weighted by Crippen LogP contribution is 2.39. The van der Waals surface area contributed by atoms with Gasteiger partial charge < -0.3 is 25.0 Å². The first-order chi connectivity index (χ1) is 15.8. The highest BCUT2D eigenvalue weighted by Gasteiger charge is 2.38. The maximum Gasteiger partial charge on any atom is 0.216 e. The molecule has 33 heavy (non-hydrogen) atoms. The summed E-state index contributed by atoms with van der Waals surface area (Å²) < 4.78 is 12.1. The summed E-state index contributed by atoms with van der Waals surface area (Å²) in [6.45, 7) is 3.67. The molecular weight excluding hydrogens is 424 g/mol. The van der Waals surface area contributed by atoms with Crippen molar-refractivity contribution in [3.05, 3.63) is 64.5 Å². The summed E-state index contributed by atoms with van der Waals surface area (Å²) in [6.07, 6.45) is 0.138. The molecular formula is C25H24N2O6. The van der Waals surface area contributed by atoms with Crippen molar-refractivity contribution < 1.29 is 29.3 Å². The van der Waals surface area contributed by atoms with Crippen LogP contribution in [0.4, 0.5) is 0 Å². The molecule has 4 unspecified atom stereocenters. The Bertz CT molecular complexity index is 1300. The van der Waals surface area contributed by atoms with Gasteiger partial charge in [0.1, 0.15) is 17.2 Å². The second-order valence-electron chi connectivity index (χ2n) is 8.58. The van der Waals surface area contributed by atoms with E-state index in [0.29, 0.717) is 22.9 Å². The Morgan fingerprint density at radius 3 is 2.73 bits per heavy atom. The second kappa shape index (κ2) is 7.91. The molecule has 0 amide bonds. The lowest BCUT2D eigenvalue weighted by Gasteiger charge is -2.37. The number of fused-ring (bicyclic) bond motifs is 4. The Hall–Kier alpha value is -3.33. The number of pyridine rings is 1. The summed E-state index contributed by atoms with van der Waals surface area (Å²) >= 11 is 0. The van der Waals surface area contributed by atoms with E-state index >= 15 is 0 Å². The van der Waals surface area contributed by atoms with Gasteiger partial charge in [-0.15, -0.1) is 0 Å². The van der Waals surface area contributed by atoms with Gasteiger partial charge in [-0.1, -0.05) is 12.1 Å². The van der Waals surface area contributed by atoms with Gasteiger partial charge in [0.15, 0.2) is 5.78 Å². The topological polar surface area (TPSA) is 118 Å². The lowest BCUT2D eigenvalue weighted by atomic mass is 9.84. The van der Waals surface area contributed by atoms with Crippen molar-refractivity contribution in [3.63, 3.8) is 0 Å². The fourth-order valence-corrected chi connectivity index (χ4v) is 4.73. The average molecular weight is 448 g/mol. The number of aliphatic hydroxyl groups excluding tert-OH is 1. The van der Waals surface area contributed by atoms with Crippen molar-refractivity contribution in [2.75, 3.05) is 7.05 Å². The van der Waals surface area contributed by atoms with Crippen LogP contribution in [-0.4, -0.2) is 58.4 Å². The van der Waals surface area contributed by atoms with Crippen LogP contribution < -0.4 is 10.1 Å². The number of likely N-dealkylation sites (N-methyl/N-ethyl adjacent to an activating group) is 1. The number of ether oxygens (including phenoxy) is 2. The van der Waals surface area contributed by atoms with Crippen LogP contribution in [0.2, 0.25) is 0 Å².